The van der Waals surface area contributed by atoms with Crippen LogP contribution in [0.1, 0.15) is 43.2 Å². The minimum atomic E-state index is -0.760. The number of aliphatic hydroxyl groups is 1. The molecule has 26 heavy (non-hydrogen) atoms. The van der Waals surface area contributed by atoms with Gasteiger partial charge in [0.1, 0.15) is 6.10 Å². The van der Waals surface area contributed by atoms with Crippen molar-refractivity contribution in [3.63, 3.8) is 0 Å². The van der Waals surface area contributed by atoms with Gasteiger partial charge in [-0.15, -0.1) is 0 Å². The molecule has 0 aromatic heterocycles. The molecule has 140 valence electrons. The molecule has 1 spiro atoms. The Kier molecular flexibility index (Phi) is 2.99. The summed E-state index contributed by atoms with van der Waals surface area (Å²) in [7, 11) is 1.99. The van der Waals surface area contributed by atoms with Gasteiger partial charge in [-0.25, -0.2) is 0 Å². The zero-order valence-corrected chi connectivity index (χ0v) is 15.4. The van der Waals surface area contributed by atoms with Gasteiger partial charge in [-0.1, -0.05) is 6.07 Å². The van der Waals surface area contributed by atoms with Crippen molar-refractivity contribution >= 4 is 0 Å². The summed E-state index contributed by atoms with van der Waals surface area (Å²) in [6, 6.07) is 4.23. The number of hydrogen-bond acceptors (Lipinski definition) is 5. The van der Waals surface area contributed by atoms with Gasteiger partial charge in [0.05, 0.1) is 11.0 Å². The van der Waals surface area contributed by atoms with Crippen LogP contribution in [0, 0.1) is 5.92 Å². The Balaban J connectivity index is 1.55. The smallest absolute Gasteiger partial charge is 0.165 e. The second-order valence-corrected chi connectivity index (χ2v) is 9.22. The van der Waals surface area contributed by atoms with Crippen molar-refractivity contribution in [3.8, 4) is 11.5 Å². The molecule has 6 rings (SSSR count). The first-order valence-corrected chi connectivity index (χ1v) is 10.2. The summed E-state index contributed by atoms with van der Waals surface area (Å²) in [5.41, 5.74) is 1.25. The summed E-state index contributed by atoms with van der Waals surface area (Å²) in [5.74, 6) is 1.69. The fourth-order valence-electron chi connectivity index (χ4n) is 6.78. The molecular weight excluding hydrogens is 328 g/mol. The first-order valence-electron chi connectivity index (χ1n) is 10.2. The highest BCUT2D eigenvalue weighted by atomic mass is 16.5. The standard InChI is InChI=1S/C21H28N2O3/c1-22-14-6-7-21(25)16-10-13-4-5-15(24)18-17(13)20(21,19(14)26-18)8-9-23(16)11-12-2-3-12/h4-5,12,14,16,19,22,24-25H,2-3,6-11H2,1H3/t14-,16?,19+,20+,21-/m0/s1. The molecule has 0 amide bonds. The second kappa shape index (κ2) is 4.94. The van der Waals surface area contributed by atoms with Gasteiger partial charge in [0, 0.05) is 24.2 Å². The molecular formula is C21H28N2O3. The average molecular weight is 356 g/mol. The number of rotatable bonds is 3. The zero-order chi connectivity index (χ0) is 17.7. The van der Waals surface area contributed by atoms with Crippen molar-refractivity contribution in [2.24, 2.45) is 5.92 Å². The molecule has 2 heterocycles. The highest BCUT2D eigenvalue weighted by Crippen LogP contribution is 2.65. The molecule has 5 atom stereocenters. The maximum absolute atomic E-state index is 12.2. The Morgan fingerprint density at radius 2 is 2.12 bits per heavy atom. The molecule has 2 aliphatic heterocycles. The molecule has 5 aliphatic rings. The van der Waals surface area contributed by atoms with Crippen molar-refractivity contribution in [1.29, 1.82) is 0 Å². The molecule has 3 aliphatic carbocycles. The molecule has 1 unspecified atom stereocenters. The molecule has 2 bridgehead atoms. The van der Waals surface area contributed by atoms with Crippen LogP contribution in [0.4, 0.5) is 0 Å². The quantitative estimate of drug-likeness (QED) is 0.767. The maximum Gasteiger partial charge on any atom is 0.165 e. The van der Waals surface area contributed by atoms with Crippen molar-refractivity contribution in [1.82, 2.24) is 10.2 Å². The van der Waals surface area contributed by atoms with Crippen LogP contribution in [0.2, 0.25) is 0 Å². The van der Waals surface area contributed by atoms with Crippen molar-refractivity contribution < 1.29 is 14.9 Å². The third kappa shape index (κ3) is 1.68. The lowest BCUT2D eigenvalue weighted by molar-refractivity contribution is -0.191. The van der Waals surface area contributed by atoms with Gasteiger partial charge < -0.3 is 20.3 Å². The highest BCUT2D eigenvalue weighted by molar-refractivity contribution is 5.62. The molecule has 2 saturated carbocycles. The number of likely N-dealkylation sites (N-methyl/N-ethyl adjacent to an activating group) is 1. The number of nitrogens with zero attached hydrogens (tertiary/aromatic N) is 1. The van der Waals surface area contributed by atoms with Gasteiger partial charge in [0.25, 0.3) is 0 Å². The van der Waals surface area contributed by atoms with Gasteiger partial charge in [0.2, 0.25) is 0 Å². The van der Waals surface area contributed by atoms with E-state index in [1.165, 1.54) is 18.4 Å². The number of nitrogens with one attached hydrogen (secondary N) is 1. The largest absolute Gasteiger partial charge is 0.504 e. The van der Waals surface area contributed by atoms with Crippen LogP contribution in [-0.2, 0) is 11.8 Å². The predicted octanol–water partition coefficient (Wildman–Crippen LogP) is 1.54. The van der Waals surface area contributed by atoms with Crippen molar-refractivity contribution in [3.05, 3.63) is 23.3 Å². The Labute approximate surface area is 154 Å². The van der Waals surface area contributed by atoms with Crippen molar-refractivity contribution in [2.45, 2.75) is 67.7 Å². The lowest BCUT2D eigenvalue weighted by Crippen LogP contribution is -2.78. The van der Waals surface area contributed by atoms with Crippen LogP contribution >= 0.6 is 0 Å². The number of ether oxygens (including phenoxy) is 1. The Morgan fingerprint density at radius 3 is 2.88 bits per heavy atom. The summed E-state index contributed by atoms with van der Waals surface area (Å²) >= 11 is 0. The number of likely N-dealkylation sites (tertiary alicyclic amines) is 1. The maximum atomic E-state index is 12.2. The van der Waals surface area contributed by atoms with Gasteiger partial charge in [-0.2, -0.15) is 0 Å². The van der Waals surface area contributed by atoms with Gasteiger partial charge in [-0.05, 0) is 69.7 Å². The molecule has 5 heteroatoms. The monoisotopic (exact) mass is 356 g/mol. The first-order chi connectivity index (χ1) is 12.6. The van der Waals surface area contributed by atoms with E-state index in [1.807, 2.05) is 7.05 Å². The fourth-order valence-corrected chi connectivity index (χ4v) is 6.78. The minimum absolute atomic E-state index is 0.0980. The van der Waals surface area contributed by atoms with Crippen LogP contribution in [0.25, 0.3) is 0 Å². The molecule has 0 radical (unpaired) electrons. The van der Waals surface area contributed by atoms with E-state index in [1.54, 1.807) is 6.07 Å². The molecule has 1 aromatic rings. The van der Waals surface area contributed by atoms with Crippen LogP contribution in [0.15, 0.2) is 12.1 Å². The van der Waals surface area contributed by atoms with Crippen LogP contribution < -0.4 is 10.1 Å². The molecule has 1 saturated heterocycles. The lowest BCUT2D eigenvalue weighted by Gasteiger charge is -2.64. The van der Waals surface area contributed by atoms with Crippen LogP contribution in [0.3, 0.4) is 0 Å². The van der Waals surface area contributed by atoms with Crippen LogP contribution in [0.5, 0.6) is 11.5 Å². The zero-order valence-electron chi connectivity index (χ0n) is 15.4. The number of phenolic OH excluding ortho intramolecular Hbond substituents is 1. The summed E-state index contributed by atoms with van der Waals surface area (Å²) < 4.78 is 6.42. The van der Waals surface area contributed by atoms with Crippen LogP contribution in [-0.4, -0.2) is 59.0 Å². The summed E-state index contributed by atoms with van der Waals surface area (Å²) in [4.78, 5) is 2.58. The van der Waals surface area contributed by atoms with E-state index < -0.39 is 5.60 Å². The summed E-state index contributed by atoms with van der Waals surface area (Å²) in [5, 5.41) is 26.1. The minimum Gasteiger partial charge on any atom is -0.504 e. The summed E-state index contributed by atoms with van der Waals surface area (Å²) in [6.45, 7) is 2.15. The number of phenols is 1. The Bertz CT molecular complexity index is 779. The normalized spacial score (nSPS) is 43.1. The van der Waals surface area contributed by atoms with E-state index in [-0.39, 0.29) is 29.4 Å². The predicted molar refractivity (Wildman–Crippen MR) is 97.6 cm³/mol. The van der Waals surface area contributed by atoms with Crippen molar-refractivity contribution in [2.75, 3.05) is 20.1 Å². The SMILES string of the molecule is CN[C@H]1CC[C@]2(O)C3Cc4ccc(O)c5c4[C@]2(CCN3CC2CC2)[C@@H]1O5. The van der Waals surface area contributed by atoms with E-state index in [0.717, 1.165) is 50.3 Å². The summed E-state index contributed by atoms with van der Waals surface area (Å²) in [6.07, 6.45) is 6.09. The number of benzene rings is 1. The molecule has 3 fully saturated rings. The first kappa shape index (κ1) is 15.7. The van der Waals surface area contributed by atoms with E-state index in [2.05, 4.69) is 16.3 Å². The van der Waals surface area contributed by atoms with E-state index in [4.69, 9.17) is 4.74 Å². The molecule has 5 nitrogen and oxygen atoms in total. The third-order valence-corrected chi connectivity index (χ3v) is 8.13. The van der Waals surface area contributed by atoms with Gasteiger partial charge >= 0.3 is 0 Å². The molecule has 1 aromatic carbocycles. The van der Waals surface area contributed by atoms with Gasteiger partial charge in [-0.3, -0.25) is 4.90 Å². The topological polar surface area (TPSA) is 65.0 Å². The number of hydrogen-bond donors (Lipinski definition) is 3. The highest BCUT2D eigenvalue weighted by Gasteiger charge is 2.72. The fraction of sp³-hybridized carbons (Fsp3) is 0.714. The number of piperidine rings is 1. The second-order valence-electron chi connectivity index (χ2n) is 9.22. The van der Waals surface area contributed by atoms with E-state index in [9.17, 15) is 10.2 Å². The van der Waals surface area contributed by atoms with E-state index in [0.29, 0.717) is 5.75 Å². The Morgan fingerprint density at radius 1 is 1.27 bits per heavy atom. The average Bonchev–Trinajstić information content (AvgIpc) is 3.37. The third-order valence-electron chi connectivity index (χ3n) is 8.13. The Hall–Kier alpha value is -1.30. The van der Waals surface area contributed by atoms with Gasteiger partial charge in [0.15, 0.2) is 11.5 Å². The number of aromatic hydroxyl groups is 1. The molecule has 3 N–H and O–H groups in total. The van der Waals surface area contributed by atoms with E-state index >= 15 is 0 Å². The lowest BCUT2D eigenvalue weighted by atomic mass is 9.48.